The fourth-order valence-electron chi connectivity index (χ4n) is 1.20. The lowest BCUT2D eigenvalue weighted by Crippen LogP contribution is -2.13. The fourth-order valence-corrected chi connectivity index (χ4v) is 1.80. The molecule has 1 aromatic carbocycles. The zero-order valence-electron chi connectivity index (χ0n) is 9.55. The number of ether oxygens (including phenoxy) is 2. The largest absolute Gasteiger partial charge is 0.491 e. The molecular formula is C11H13Cl2NO3. The molecule has 0 fully saturated rings. The number of nitrogens with one attached hydrogen (secondary N) is 1. The van der Waals surface area contributed by atoms with Gasteiger partial charge in [0, 0.05) is 5.69 Å². The molecule has 4 nitrogen and oxygen atoms in total. The van der Waals surface area contributed by atoms with Crippen LogP contribution in [0.5, 0.6) is 5.75 Å². The Labute approximate surface area is 110 Å². The molecule has 1 aromatic rings. The van der Waals surface area contributed by atoms with Crippen LogP contribution in [0.1, 0.15) is 13.8 Å². The van der Waals surface area contributed by atoms with E-state index in [0.29, 0.717) is 34.7 Å². The third-order valence-electron chi connectivity index (χ3n) is 1.81. The molecule has 0 saturated carbocycles. The summed E-state index contributed by atoms with van der Waals surface area (Å²) in [6.45, 7) is 4.31. The first-order chi connectivity index (χ1) is 8.08. The number of halogens is 2. The average Bonchev–Trinajstić information content (AvgIpc) is 2.23. The standard InChI is InChI=1S/C11H13Cl2NO3/c1-3-16-10-8(12)5-7(6-9(10)13)14-11(15)17-4-2/h5-6H,3-4H2,1-2H3,(H,14,15). The monoisotopic (exact) mass is 277 g/mol. The molecule has 0 saturated heterocycles. The Hall–Kier alpha value is -1.13. The summed E-state index contributed by atoms with van der Waals surface area (Å²) in [5, 5.41) is 3.19. The Balaban J connectivity index is 2.86. The average molecular weight is 278 g/mol. The summed E-state index contributed by atoms with van der Waals surface area (Å²) >= 11 is 11.9. The van der Waals surface area contributed by atoms with E-state index < -0.39 is 6.09 Å². The van der Waals surface area contributed by atoms with Gasteiger partial charge in [-0.05, 0) is 26.0 Å². The highest BCUT2D eigenvalue weighted by Crippen LogP contribution is 2.35. The first kappa shape index (κ1) is 13.9. The van der Waals surface area contributed by atoms with Gasteiger partial charge in [0.1, 0.15) is 0 Å². The van der Waals surface area contributed by atoms with Crippen molar-refractivity contribution in [3.05, 3.63) is 22.2 Å². The molecule has 0 aliphatic heterocycles. The van der Waals surface area contributed by atoms with Crippen LogP contribution < -0.4 is 10.1 Å². The summed E-state index contributed by atoms with van der Waals surface area (Å²) < 4.78 is 10.0. The van der Waals surface area contributed by atoms with Gasteiger partial charge in [-0.1, -0.05) is 23.2 Å². The predicted molar refractivity (Wildman–Crippen MR) is 68.3 cm³/mol. The van der Waals surface area contributed by atoms with Gasteiger partial charge in [0.05, 0.1) is 23.3 Å². The minimum Gasteiger partial charge on any atom is -0.491 e. The maximum atomic E-state index is 11.2. The van der Waals surface area contributed by atoms with E-state index in [-0.39, 0.29) is 0 Å². The van der Waals surface area contributed by atoms with Gasteiger partial charge >= 0.3 is 6.09 Å². The van der Waals surface area contributed by atoms with Crippen molar-refractivity contribution in [2.24, 2.45) is 0 Å². The summed E-state index contributed by atoms with van der Waals surface area (Å²) in [7, 11) is 0. The van der Waals surface area contributed by atoms with Crippen LogP contribution in [0.3, 0.4) is 0 Å². The quantitative estimate of drug-likeness (QED) is 0.906. The second-order valence-corrected chi connectivity index (χ2v) is 3.86. The van der Waals surface area contributed by atoms with E-state index in [1.54, 1.807) is 19.1 Å². The molecule has 0 bridgehead atoms. The lowest BCUT2D eigenvalue weighted by atomic mass is 10.3. The van der Waals surface area contributed by atoms with Crippen LogP contribution in [0.25, 0.3) is 0 Å². The van der Waals surface area contributed by atoms with Gasteiger partial charge in [-0.2, -0.15) is 0 Å². The number of carbonyl (C=O) groups excluding carboxylic acids is 1. The van der Waals surface area contributed by atoms with Gasteiger partial charge in [-0.3, -0.25) is 5.32 Å². The van der Waals surface area contributed by atoms with Crippen molar-refractivity contribution in [1.29, 1.82) is 0 Å². The summed E-state index contributed by atoms with van der Waals surface area (Å²) in [6.07, 6.45) is -0.552. The number of amides is 1. The molecule has 0 radical (unpaired) electrons. The first-order valence-corrected chi connectivity index (χ1v) is 5.89. The maximum absolute atomic E-state index is 11.2. The van der Waals surface area contributed by atoms with Crippen LogP contribution in [0.2, 0.25) is 10.0 Å². The molecule has 0 atom stereocenters. The van der Waals surface area contributed by atoms with Crippen molar-refractivity contribution >= 4 is 35.0 Å². The lowest BCUT2D eigenvalue weighted by molar-refractivity contribution is 0.168. The topological polar surface area (TPSA) is 47.6 Å². The zero-order chi connectivity index (χ0) is 12.8. The number of anilines is 1. The molecule has 1 N–H and O–H groups in total. The van der Waals surface area contributed by atoms with Gasteiger partial charge in [0.2, 0.25) is 0 Å². The zero-order valence-corrected chi connectivity index (χ0v) is 11.1. The molecule has 0 heterocycles. The molecule has 0 aromatic heterocycles. The van der Waals surface area contributed by atoms with E-state index in [9.17, 15) is 4.79 Å². The normalized spacial score (nSPS) is 9.88. The second-order valence-electron chi connectivity index (χ2n) is 3.05. The first-order valence-electron chi connectivity index (χ1n) is 5.14. The third kappa shape index (κ3) is 3.98. The Morgan fingerprint density at radius 3 is 2.29 bits per heavy atom. The van der Waals surface area contributed by atoms with Gasteiger partial charge in [-0.15, -0.1) is 0 Å². The van der Waals surface area contributed by atoms with Crippen LogP contribution in [-0.2, 0) is 4.74 Å². The van der Waals surface area contributed by atoms with Gasteiger partial charge < -0.3 is 9.47 Å². The highest BCUT2D eigenvalue weighted by molar-refractivity contribution is 6.37. The van der Waals surface area contributed by atoms with Crippen LogP contribution in [-0.4, -0.2) is 19.3 Å². The molecular weight excluding hydrogens is 265 g/mol. The second kappa shape index (κ2) is 6.57. The molecule has 0 aliphatic carbocycles. The van der Waals surface area contributed by atoms with Crippen molar-refractivity contribution in [2.75, 3.05) is 18.5 Å². The van der Waals surface area contributed by atoms with Crippen molar-refractivity contribution in [3.63, 3.8) is 0 Å². The van der Waals surface area contributed by atoms with Crippen LogP contribution in [0.15, 0.2) is 12.1 Å². The smallest absolute Gasteiger partial charge is 0.411 e. The molecule has 0 aliphatic rings. The van der Waals surface area contributed by atoms with Crippen molar-refractivity contribution < 1.29 is 14.3 Å². The predicted octanol–water partition coefficient (Wildman–Crippen LogP) is 3.96. The van der Waals surface area contributed by atoms with Gasteiger partial charge in [0.25, 0.3) is 0 Å². The van der Waals surface area contributed by atoms with E-state index in [4.69, 9.17) is 32.7 Å². The van der Waals surface area contributed by atoms with Crippen LogP contribution >= 0.6 is 23.2 Å². The molecule has 0 unspecified atom stereocenters. The van der Waals surface area contributed by atoms with Gasteiger partial charge in [-0.25, -0.2) is 4.79 Å². The van der Waals surface area contributed by atoms with Crippen LogP contribution in [0, 0.1) is 0 Å². The molecule has 17 heavy (non-hydrogen) atoms. The third-order valence-corrected chi connectivity index (χ3v) is 2.37. The summed E-state index contributed by atoms with van der Waals surface area (Å²) in [5.74, 6) is 0.408. The number of hydrogen-bond donors (Lipinski definition) is 1. The van der Waals surface area contributed by atoms with Crippen molar-refractivity contribution in [3.8, 4) is 5.75 Å². The fraction of sp³-hybridized carbons (Fsp3) is 0.364. The number of hydrogen-bond acceptors (Lipinski definition) is 3. The Kier molecular flexibility index (Phi) is 5.38. The maximum Gasteiger partial charge on any atom is 0.411 e. The van der Waals surface area contributed by atoms with Gasteiger partial charge in [0.15, 0.2) is 5.75 Å². The van der Waals surface area contributed by atoms with E-state index in [1.807, 2.05) is 6.92 Å². The molecule has 1 amide bonds. The minimum absolute atomic E-state index is 0.296. The number of benzene rings is 1. The van der Waals surface area contributed by atoms with E-state index >= 15 is 0 Å². The molecule has 94 valence electrons. The highest BCUT2D eigenvalue weighted by Gasteiger charge is 2.11. The number of rotatable bonds is 4. The Morgan fingerprint density at radius 1 is 1.24 bits per heavy atom. The Morgan fingerprint density at radius 2 is 1.82 bits per heavy atom. The summed E-state index contributed by atoms with van der Waals surface area (Å²) in [4.78, 5) is 11.2. The molecule has 6 heteroatoms. The van der Waals surface area contributed by atoms with E-state index in [2.05, 4.69) is 5.32 Å². The minimum atomic E-state index is -0.552. The highest BCUT2D eigenvalue weighted by atomic mass is 35.5. The molecule has 0 spiro atoms. The van der Waals surface area contributed by atoms with E-state index in [0.717, 1.165) is 0 Å². The number of carbonyl (C=O) groups is 1. The SMILES string of the molecule is CCOC(=O)Nc1cc(Cl)c(OCC)c(Cl)c1. The van der Waals surface area contributed by atoms with Crippen molar-refractivity contribution in [2.45, 2.75) is 13.8 Å². The summed E-state index contributed by atoms with van der Waals surface area (Å²) in [6, 6.07) is 3.10. The van der Waals surface area contributed by atoms with Crippen LogP contribution in [0.4, 0.5) is 10.5 Å². The van der Waals surface area contributed by atoms with Crippen molar-refractivity contribution in [1.82, 2.24) is 0 Å². The molecule has 1 rings (SSSR count). The van der Waals surface area contributed by atoms with E-state index in [1.165, 1.54) is 0 Å². The summed E-state index contributed by atoms with van der Waals surface area (Å²) in [5.41, 5.74) is 0.460. The lowest BCUT2D eigenvalue weighted by Gasteiger charge is -2.11. The Bertz CT molecular complexity index is 387.